The van der Waals surface area contributed by atoms with E-state index in [0.29, 0.717) is 11.4 Å². The summed E-state index contributed by atoms with van der Waals surface area (Å²) in [7, 11) is 2.48. The number of hydrogen-bond acceptors (Lipinski definition) is 6. The lowest BCUT2D eigenvalue weighted by Crippen LogP contribution is -2.19. The fourth-order valence-electron chi connectivity index (χ4n) is 3.75. The molecule has 0 unspecified atom stereocenters. The van der Waals surface area contributed by atoms with Crippen molar-refractivity contribution in [2.75, 3.05) is 14.2 Å². The number of methoxy groups -OCH3 is 2. The molecular formula is C27H22FN3O5. The highest BCUT2D eigenvalue weighted by molar-refractivity contribution is 6.07. The van der Waals surface area contributed by atoms with Gasteiger partial charge in [-0.25, -0.2) is 18.7 Å². The highest BCUT2D eigenvalue weighted by atomic mass is 19.1. The number of ether oxygens (including phenoxy) is 2. The molecule has 0 aliphatic heterocycles. The number of esters is 2. The zero-order valence-electron chi connectivity index (χ0n) is 19.7. The lowest BCUT2D eigenvalue weighted by atomic mass is 10.0. The molecular weight excluding hydrogens is 465 g/mol. The minimum Gasteiger partial charge on any atom is -0.465 e. The molecule has 36 heavy (non-hydrogen) atoms. The van der Waals surface area contributed by atoms with Gasteiger partial charge in [-0.2, -0.15) is 0 Å². The molecule has 0 radical (unpaired) electrons. The third-order valence-corrected chi connectivity index (χ3v) is 5.51. The molecule has 0 spiro atoms. The standard InChI is InChI=1S/C27H22FN3O5/c1-16(29-22-15-18(26(33)35-2)9-14-21(22)27(34)36-3)23-24(17-7-5-4-6-8-17)30-31(25(23)32)20-12-10-19(28)11-13-20/h4-15,30H,1-3H3. The second-order valence-electron chi connectivity index (χ2n) is 7.76. The molecule has 1 heterocycles. The van der Waals surface area contributed by atoms with E-state index in [0.717, 1.165) is 5.56 Å². The molecule has 4 rings (SSSR count). The minimum absolute atomic E-state index is 0.111. The van der Waals surface area contributed by atoms with E-state index in [-0.39, 0.29) is 28.1 Å². The van der Waals surface area contributed by atoms with E-state index in [9.17, 15) is 18.8 Å². The van der Waals surface area contributed by atoms with Crippen LogP contribution in [0.2, 0.25) is 0 Å². The lowest BCUT2D eigenvalue weighted by molar-refractivity contribution is 0.0587. The molecule has 4 aromatic rings. The summed E-state index contributed by atoms with van der Waals surface area (Å²) < 4.78 is 24.4. The zero-order chi connectivity index (χ0) is 25.8. The maximum absolute atomic E-state index is 13.6. The van der Waals surface area contributed by atoms with E-state index in [1.54, 1.807) is 6.92 Å². The Balaban J connectivity index is 1.94. The largest absolute Gasteiger partial charge is 0.465 e. The third-order valence-electron chi connectivity index (χ3n) is 5.51. The molecule has 0 atom stereocenters. The highest BCUT2D eigenvalue weighted by Crippen LogP contribution is 2.26. The van der Waals surface area contributed by atoms with Gasteiger partial charge in [-0.3, -0.25) is 14.9 Å². The number of halogens is 1. The predicted octanol–water partition coefficient (Wildman–Crippen LogP) is 4.69. The van der Waals surface area contributed by atoms with Crippen LogP contribution in [0.3, 0.4) is 0 Å². The van der Waals surface area contributed by atoms with Crippen molar-refractivity contribution in [3.63, 3.8) is 0 Å². The maximum atomic E-state index is 13.6. The summed E-state index contributed by atoms with van der Waals surface area (Å²) in [5.41, 5.74) is 2.15. The summed E-state index contributed by atoms with van der Waals surface area (Å²) in [4.78, 5) is 42.6. The summed E-state index contributed by atoms with van der Waals surface area (Å²) in [5, 5.41) is 3.09. The summed E-state index contributed by atoms with van der Waals surface area (Å²) >= 11 is 0. The Hall–Kier alpha value is -4.79. The number of H-pyrrole nitrogens is 1. The number of benzene rings is 3. The Bertz CT molecular complexity index is 1520. The van der Waals surface area contributed by atoms with Crippen LogP contribution in [-0.2, 0) is 9.47 Å². The first-order chi connectivity index (χ1) is 17.3. The van der Waals surface area contributed by atoms with E-state index in [1.807, 2.05) is 30.3 Å². The van der Waals surface area contributed by atoms with E-state index in [4.69, 9.17) is 9.47 Å². The molecule has 1 aromatic heterocycles. The first kappa shape index (κ1) is 24.3. The summed E-state index contributed by atoms with van der Waals surface area (Å²) in [6.07, 6.45) is 0. The van der Waals surface area contributed by atoms with E-state index >= 15 is 0 Å². The van der Waals surface area contributed by atoms with E-state index in [2.05, 4.69) is 10.1 Å². The Morgan fingerprint density at radius 3 is 2.22 bits per heavy atom. The second kappa shape index (κ2) is 10.2. The van der Waals surface area contributed by atoms with Gasteiger partial charge in [0, 0.05) is 5.56 Å². The number of nitrogens with one attached hydrogen (secondary N) is 1. The Labute approximate surface area is 205 Å². The number of aromatic nitrogens is 2. The van der Waals surface area contributed by atoms with Crippen LogP contribution < -0.4 is 5.56 Å². The van der Waals surface area contributed by atoms with Gasteiger partial charge in [-0.1, -0.05) is 30.3 Å². The van der Waals surface area contributed by atoms with Gasteiger partial charge in [0.05, 0.1) is 53.7 Å². The van der Waals surface area contributed by atoms with Crippen LogP contribution in [0.15, 0.2) is 82.6 Å². The van der Waals surface area contributed by atoms with Crippen molar-refractivity contribution in [3.8, 4) is 16.9 Å². The van der Waals surface area contributed by atoms with Gasteiger partial charge in [-0.15, -0.1) is 0 Å². The van der Waals surface area contributed by atoms with Crippen LogP contribution in [0, 0.1) is 5.82 Å². The van der Waals surface area contributed by atoms with Crippen LogP contribution in [0.5, 0.6) is 0 Å². The fourth-order valence-corrected chi connectivity index (χ4v) is 3.75. The quantitative estimate of drug-likeness (QED) is 0.314. The third kappa shape index (κ3) is 4.72. The Kier molecular flexibility index (Phi) is 6.91. The second-order valence-corrected chi connectivity index (χ2v) is 7.76. The van der Waals surface area contributed by atoms with Crippen LogP contribution in [-0.4, -0.2) is 41.7 Å². The van der Waals surface area contributed by atoms with Crippen LogP contribution in [0.4, 0.5) is 10.1 Å². The van der Waals surface area contributed by atoms with E-state index < -0.39 is 23.3 Å². The number of nitrogens with zero attached hydrogens (tertiary/aromatic N) is 2. The van der Waals surface area contributed by atoms with Gasteiger partial charge in [0.25, 0.3) is 5.56 Å². The molecule has 0 fully saturated rings. The number of aliphatic imine (C=N–C) groups is 1. The van der Waals surface area contributed by atoms with Crippen molar-refractivity contribution in [3.05, 3.63) is 106 Å². The van der Waals surface area contributed by atoms with Gasteiger partial charge < -0.3 is 9.47 Å². The molecule has 8 nitrogen and oxygen atoms in total. The molecule has 0 aliphatic rings. The number of carbonyl (C=O) groups excluding carboxylic acids is 2. The predicted molar refractivity (Wildman–Crippen MR) is 133 cm³/mol. The smallest absolute Gasteiger partial charge is 0.340 e. The monoisotopic (exact) mass is 487 g/mol. The maximum Gasteiger partial charge on any atom is 0.340 e. The van der Waals surface area contributed by atoms with Gasteiger partial charge >= 0.3 is 11.9 Å². The molecule has 0 bridgehead atoms. The van der Waals surface area contributed by atoms with Gasteiger partial charge in [0.2, 0.25) is 0 Å². The molecule has 0 amide bonds. The number of rotatable bonds is 6. The summed E-state index contributed by atoms with van der Waals surface area (Å²) in [6, 6.07) is 18.9. The fraction of sp³-hybridized carbons (Fsp3) is 0.111. The summed E-state index contributed by atoms with van der Waals surface area (Å²) in [6.45, 7) is 1.62. The zero-order valence-corrected chi connectivity index (χ0v) is 19.7. The van der Waals surface area contributed by atoms with Crippen LogP contribution in [0.25, 0.3) is 16.9 Å². The molecule has 9 heteroatoms. The highest BCUT2D eigenvalue weighted by Gasteiger charge is 2.21. The normalized spacial score (nSPS) is 11.3. The average molecular weight is 487 g/mol. The van der Waals surface area contributed by atoms with Crippen molar-refractivity contribution in [1.82, 2.24) is 9.78 Å². The lowest BCUT2D eigenvalue weighted by Gasteiger charge is -2.08. The van der Waals surface area contributed by atoms with Gasteiger partial charge in [0.1, 0.15) is 5.82 Å². The Morgan fingerprint density at radius 1 is 0.917 bits per heavy atom. The molecule has 0 aliphatic carbocycles. The van der Waals surface area contributed by atoms with Gasteiger partial charge in [-0.05, 0) is 49.4 Å². The first-order valence-electron chi connectivity index (χ1n) is 10.9. The molecule has 0 saturated carbocycles. The average Bonchev–Trinajstić information content (AvgIpc) is 3.25. The van der Waals surface area contributed by atoms with Crippen LogP contribution >= 0.6 is 0 Å². The minimum atomic E-state index is -0.654. The molecule has 182 valence electrons. The van der Waals surface area contributed by atoms with Crippen molar-refractivity contribution in [2.24, 2.45) is 4.99 Å². The first-order valence-corrected chi connectivity index (χ1v) is 10.9. The van der Waals surface area contributed by atoms with Crippen molar-refractivity contribution < 1.29 is 23.5 Å². The number of hydrogen-bond donors (Lipinski definition) is 1. The van der Waals surface area contributed by atoms with E-state index in [1.165, 1.54) is 61.4 Å². The number of carbonyl (C=O) groups is 2. The topological polar surface area (TPSA) is 103 Å². The number of aromatic amines is 1. The van der Waals surface area contributed by atoms with Crippen molar-refractivity contribution >= 4 is 23.3 Å². The molecule has 1 N–H and O–H groups in total. The Morgan fingerprint density at radius 2 is 1.58 bits per heavy atom. The SMILES string of the molecule is COC(=O)c1ccc(C(=O)OC)c(N=C(C)c2c(-c3ccccc3)[nH]n(-c3ccc(F)cc3)c2=O)c1. The molecule has 3 aromatic carbocycles. The molecule has 0 saturated heterocycles. The van der Waals surface area contributed by atoms with Crippen molar-refractivity contribution in [1.29, 1.82) is 0 Å². The van der Waals surface area contributed by atoms with Crippen molar-refractivity contribution in [2.45, 2.75) is 6.92 Å². The summed E-state index contributed by atoms with van der Waals surface area (Å²) in [5.74, 6) is -1.69. The van der Waals surface area contributed by atoms with Gasteiger partial charge in [0.15, 0.2) is 0 Å². The van der Waals surface area contributed by atoms with Crippen LogP contribution in [0.1, 0.15) is 33.2 Å².